The average Bonchev–Trinajstić information content (AvgIpc) is 3.11. The Bertz CT molecular complexity index is 931. The van der Waals surface area contributed by atoms with Crippen LogP contribution in [0.3, 0.4) is 0 Å². The third kappa shape index (κ3) is 3.65. The Morgan fingerprint density at radius 1 is 1.04 bits per heavy atom. The van der Waals surface area contributed by atoms with Crippen LogP contribution in [0, 0.1) is 11.3 Å². The Morgan fingerprint density at radius 3 is 2.42 bits per heavy atom. The maximum absolute atomic E-state index is 9.16. The van der Waals surface area contributed by atoms with Gasteiger partial charge in [0.1, 0.15) is 11.5 Å². The Hall–Kier alpha value is -2.98. The second kappa shape index (κ2) is 7.93. The quantitative estimate of drug-likeness (QED) is 0.615. The Kier molecular flexibility index (Phi) is 5.44. The zero-order valence-electron chi connectivity index (χ0n) is 14.7. The van der Waals surface area contributed by atoms with E-state index in [4.69, 9.17) is 14.7 Å². The molecule has 0 spiro atoms. The summed E-state index contributed by atoms with van der Waals surface area (Å²) in [5, 5.41) is 18.2. The molecule has 2 aromatic carbocycles. The van der Waals surface area contributed by atoms with Crippen LogP contribution in [-0.4, -0.2) is 34.2 Å². The Labute approximate surface area is 156 Å². The number of hydrogen-bond donors (Lipinski definition) is 0. The molecule has 1 unspecified atom stereocenters. The van der Waals surface area contributed by atoms with E-state index in [2.05, 4.69) is 16.3 Å². The molecule has 0 aliphatic rings. The maximum Gasteiger partial charge on any atom is 0.197 e. The first-order chi connectivity index (χ1) is 12.7. The van der Waals surface area contributed by atoms with Crippen LogP contribution in [0.4, 0.5) is 0 Å². The van der Waals surface area contributed by atoms with Gasteiger partial charge in [0.2, 0.25) is 0 Å². The van der Waals surface area contributed by atoms with Crippen LogP contribution in [0.2, 0.25) is 0 Å². The molecule has 1 atom stereocenters. The zero-order valence-corrected chi connectivity index (χ0v) is 15.5. The fraction of sp³-hybridized carbons (Fsp3) is 0.211. The summed E-state index contributed by atoms with van der Waals surface area (Å²) in [5.74, 6) is 2.19. The summed E-state index contributed by atoms with van der Waals surface area (Å²) in [5.41, 5.74) is 1.77. The van der Waals surface area contributed by atoms with Crippen molar-refractivity contribution in [3.8, 4) is 34.6 Å². The van der Waals surface area contributed by atoms with Gasteiger partial charge in [-0.2, -0.15) is 5.26 Å². The number of hydrogen-bond acceptors (Lipinski definition) is 6. The van der Waals surface area contributed by atoms with Crippen molar-refractivity contribution in [2.75, 3.05) is 14.2 Å². The highest BCUT2D eigenvalue weighted by molar-refractivity contribution is 8.00. The summed E-state index contributed by atoms with van der Waals surface area (Å²) < 4.78 is 12.5. The normalized spacial score (nSPS) is 11.6. The summed E-state index contributed by atoms with van der Waals surface area (Å²) in [6, 6.07) is 17.5. The summed E-state index contributed by atoms with van der Waals surface area (Å²) in [4.78, 5) is 0. The average molecular weight is 366 g/mol. The third-order valence-electron chi connectivity index (χ3n) is 3.76. The standard InChI is InChI=1S/C19H18N4O2S/c1-13(12-20)26-19-22-21-18(14-5-4-6-17(11-14)25-3)23(19)15-7-9-16(24-2)10-8-15/h4-11,13H,1-3H3. The van der Waals surface area contributed by atoms with Crippen LogP contribution >= 0.6 is 11.8 Å². The zero-order chi connectivity index (χ0) is 18.5. The fourth-order valence-electron chi connectivity index (χ4n) is 2.44. The van der Waals surface area contributed by atoms with E-state index in [1.165, 1.54) is 11.8 Å². The van der Waals surface area contributed by atoms with E-state index in [9.17, 15) is 0 Å². The molecule has 0 radical (unpaired) electrons. The van der Waals surface area contributed by atoms with Crippen LogP contribution in [0.5, 0.6) is 11.5 Å². The van der Waals surface area contributed by atoms with Gasteiger partial charge in [-0.25, -0.2) is 0 Å². The number of benzene rings is 2. The molecule has 0 aliphatic heterocycles. The van der Waals surface area contributed by atoms with Crippen molar-refractivity contribution in [1.29, 1.82) is 5.26 Å². The molecule has 0 fully saturated rings. The predicted molar refractivity (Wildman–Crippen MR) is 101 cm³/mol. The van der Waals surface area contributed by atoms with Crippen molar-refractivity contribution in [3.05, 3.63) is 48.5 Å². The van der Waals surface area contributed by atoms with Gasteiger partial charge in [0.15, 0.2) is 11.0 Å². The number of nitriles is 1. The molecule has 7 heteroatoms. The van der Waals surface area contributed by atoms with E-state index in [1.54, 1.807) is 14.2 Å². The third-order valence-corrected chi connectivity index (χ3v) is 4.69. The predicted octanol–water partition coefficient (Wildman–Crippen LogP) is 3.96. The van der Waals surface area contributed by atoms with Gasteiger partial charge in [0, 0.05) is 11.3 Å². The van der Waals surface area contributed by atoms with E-state index in [-0.39, 0.29) is 5.25 Å². The molecule has 3 aromatic rings. The molecule has 0 N–H and O–H groups in total. The highest BCUT2D eigenvalue weighted by Gasteiger charge is 2.18. The van der Waals surface area contributed by atoms with Crippen LogP contribution in [-0.2, 0) is 0 Å². The van der Waals surface area contributed by atoms with Crippen molar-refractivity contribution in [2.45, 2.75) is 17.3 Å². The minimum absolute atomic E-state index is 0.241. The molecule has 0 saturated heterocycles. The molecule has 132 valence electrons. The number of rotatable bonds is 6. The molecule has 6 nitrogen and oxygen atoms in total. The molecule has 1 heterocycles. The van der Waals surface area contributed by atoms with Gasteiger partial charge in [-0.05, 0) is 43.3 Å². The monoisotopic (exact) mass is 366 g/mol. The topological polar surface area (TPSA) is 73.0 Å². The fourth-order valence-corrected chi connectivity index (χ4v) is 3.20. The highest BCUT2D eigenvalue weighted by atomic mass is 32.2. The highest BCUT2D eigenvalue weighted by Crippen LogP contribution is 2.31. The molecule has 0 amide bonds. The van der Waals surface area contributed by atoms with Crippen LogP contribution < -0.4 is 9.47 Å². The van der Waals surface area contributed by atoms with Crippen LogP contribution in [0.1, 0.15) is 6.92 Å². The number of aromatic nitrogens is 3. The lowest BCUT2D eigenvalue weighted by Gasteiger charge is -2.12. The lowest BCUT2D eigenvalue weighted by molar-refractivity contribution is 0.414. The van der Waals surface area contributed by atoms with Crippen molar-refractivity contribution in [3.63, 3.8) is 0 Å². The van der Waals surface area contributed by atoms with Crippen molar-refractivity contribution >= 4 is 11.8 Å². The molecule has 26 heavy (non-hydrogen) atoms. The first kappa shape index (κ1) is 17.8. The van der Waals surface area contributed by atoms with E-state index in [0.29, 0.717) is 11.0 Å². The summed E-state index contributed by atoms with van der Waals surface area (Å²) >= 11 is 1.37. The summed E-state index contributed by atoms with van der Waals surface area (Å²) in [7, 11) is 3.26. The van der Waals surface area contributed by atoms with Crippen LogP contribution in [0.15, 0.2) is 53.7 Å². The Morgan fingerprint density at radius 2 is 1.77 bits per heavy atom. The van der Waals surface area contributed by atoms with Gasteiger partial charge >= 0.3 is 0 Å². The summed E-state index contributed by atoms with van der Waals surface area (Å²) in [6.45, 7) is 1.84. The molecule has 3 rings (SSSR count). The number of thioether (sulfide) groups is 1. The maximum atomic E-state index is 9.16. The van der Waals surface area contributed by atoms with Crippen molar-refractivity contribution in [1.82, 2.24) is 14.8 Å². The molecule has 0 bridgehead atoms. The van der Waals surface area contributed by atoms with E-state index < -0.39 is 0 Å². The van der Waals surface area contributed by atoms with Gasteiger partial charge in [-0.15, -0.1) is 10.2 Å². The van der Waals surface area contributed by atoms with E-state index in [0.717, 1.165) is 22.7 Å². The first-order valence-electron chi connectivity index (χ1n) is 7.96. The molecule has 0 aliphatic carbocycles. The van der Waals surface area contributed by atoms with Gasteiger partial charge in [0.05, 0.1) is 25.5 Å². The van der Waals surface area contributed by atoms with E-state index in [1.807, 2.05) is 60.0 Å². The van der Waals surface area contributed by atoms with Crippen molar-refractivity contribution < 1.29 is 9.47 Å². The first-order valence-corrected chi connectivity index (χ1v) is 8.84. The molecular formula is C19H18N4O2S. The second-order valence-corrected chi connectivity index (χ2v) is 6.77. The minimum atomic E-state index is -0.241. The SMILES string of the molecule is COc1ccc(-n2c(SC(C)C#N)nnc2-c2cccc(OC)c2)cc1. The van der Waals surface area contributed by atoms with Gasteiger partial charge in [-0.3, -0.25) is 4.57 Å². The molecular weight excluding hydrogens is 348 g/mol. The number of ether oxygens (including phenoxy) is 2. The van der Waals surface area contributed by atoms with Gasteiger partial charge in [0.25, 0.3) is 0 Å². The number of methoxy groups -OCH3 is 2. The van der Waals surface area contributed by atoms with Gasteiger partial charge in [-0.1, -0.05) is 23.9 Å². The number of nitrogens with zero attached hydrogens (tertiary/aromatic N) is 4. The second-order valence-electron chi connectivity index (χ2n) is 5.46. The lowest BCUT2D eigenvalue weighted by Crippen LogP contribution is -2.02. The largest absolute Gasteiger partial charge is 0.497 e. The Balaban J connectivity index is 2.13. The van der Waals surface area contributed by atoms with E-state index >= 15 is 0 Å². The molecule has 0 saturated carbocycles. The minimum Gasteiger partial charge on any atom is -0.497 e. The van der Waals surface area contributed by atoms with Gasteiger partial charge < -0.3 is 9.47 Å². The lowest BCUT2D eigenvalue weighted by atomic mass is 10.2. The van der Waals surface area contributed by atoms with Crippen LogP contribution in [0.25, 0.3) is 17.1 Å². The van der Waals surface area contributed by atoms with Crippen molar-refractivity contribution in [2.24, 2.45) is 0 Å². The summed E-state index contributed by atoms with van der Waals surface area (Å²) in [6.07, 6.45) is 0. The molecule has 1 aromatic heterocycles. The smallest absolute Gasteiger partial charge is 0.197 e.